The number of furan rings is 2. The van der Waals surface area contributed by atoms with Crippen LogP contribution in [0.5, 0.6) is 5.75 Å². The Balaban J connectivity index is 0.000000366. The second-order valence-electron chi connectivity index (χ2n) is 10.5. The number of aryl methyl sites for hydroxylation is 2. The van der Waals surface area contributed by atoms with Crippen LogP contribution >= 0.6 is 0 Å². The molecule has 6 heteroatoms. The third-order valence-electron chi connectivity index (χ3n) is 6.75. The fourth-order valence-electron chi connectivity index (χ4n) is 4.66. The maximum absolute atomic E-state index is 11.5. The molecule has 0 unspecified atom stereocenters. The zero-order valence-electron chi connectivity index (χ0n) is 29.7. The summed E-state index contributed by atoms with van der Waals surface area (Å²) in [5.41, 5.74) is 5.23. The van der Waals surface area contributed by atoms with E-state index in [-0.39, 0.29) is 24.7 Å². The summed E-state index contributed by atoms with van der Waals surface area (Å²) in [5.74, 6) is -0.0833. The molecule has 6 nitrogen and oxygen atoms in total. The fraction of sp³-hybridized carbons (Fsp3) is 0.310. The monoisotopic (exact) mass is 654 g/mol. The van der Waals surface area contributed by atoms with Crippen molar-refractivity contribution in [2.75, 3.05) is 13.2 Å². The molecule has 0 aliphatic rings. The Bertz CT molecular complexity index is 1840. The molecule has 0 saturated carbocycles. The first kappa shape index (κ1) is 41.2. The maximum atomic E-state index is 11.5. The van der Waals surface area contributed by atoms with E-state index in [4.69, 9.17) is 18.7 Å². The number of aliphatic hydroxyl groups excluding tert-OH is 1. The van der Waals surface area contributed by atoms with E-state index in [0.29, 0.717) is 25.0 Å². The van der Waals surface area contributed by atoms with Crippen LogP contribution in [0, 0.1) is 0 Å². The second kappa shape index (κ2) is 23.5. The Morgan fingerprint density at radius 3 is 2.15 bits per heavy atom. The number of benzene rings is 3. The predicted octanol–water partition coefficient (Wildman–Crippen LogP) is 9.71. The zero-order chi connectivity index (χ0) is 35.9. The zero-order valence-corrected chi connectivity index (χ0v) is 29.7. The summed E-state index contributed by atoms with van der Waals surface area (Å²) < 4.78 is 16.4. The third kappa shape index (κ3) is 12.4. The van der Waals surface area contributed by atoms with E-state index in [0.717, 1.165) is 44.6 Å². The van der Waals surface area contributed by atoms with Crippen LogP contribution in [0.1, 0.15) is 71.9 Å². The van der Waals surface area contributed by atoms with Gasteiger partial charge in [0.1, 0.15) is 27.9 Å². The summed E-state index contributed by atoms with van der Waals surface area (Å²) in [4.78, 5) is 11.5. The minimum Gasteiger partial charge on any atom is -0.508 e. The molecule has 5 aromatic rings. The van der Waals surface area contributed by atoms with E-state index in [1.165, 1.54) is 17.4 Å². The van der Waals surface area contributed by atoms with Gasteiger partial charge in [0, 0.05) is 40.0 Å². The standard InChI is InChI=1S/C17H16O4.C13H14O.C5H8.C4H8O.C3H8/c1-2-20-16(19)10-7-11-13(18)8-9-15-17(11)12-5-3-4-6-14(12)21-15;1-4-10-7-6-8-12-11(5-2)9(3)14-13(10)12;1-3-5-4-2;1-2-3-4-5;1-3-2/h3-6,8-9,18H,2,7,10H2,1H3;5-8H,3-4H2,1-2H3;3-5H,1H2,2H3;2,5H,1,3-4H2;3H2,1-2H3/b;11-5-;5-4-;;. The van der Waals surface area contributed by atoms with Crippen molar-refractivity contribution in [3.05, 3.63) is 114 Å². The highest BCUT2D eigenvalue weighted by molar-refractivity contribution is 6.07. The molecular formula is C42H54O6. The number of hydrogen-bond donors (Lipinski definition) is 2. The van der Waals surface area contributed by atoms with E-state index in [9.17, 15) is 9.90 Å². The van der Waals surface area contributed by atoms with Crippen molar-refractivity contribution in [2.45, 2.75) is 73.6 Å². The summed E-state index contributed by atoms with van der Waals surface area (Å²) in [6.45, 7) is 23.5. The molecule has 0 bridgehead atoms. The van der Waals surface area contributed by atoms with Gasteiger partial charge in [-0.1, -0.05) is 107 Å². The summed E-state index contributed by atoms with van der Waals surface area (Å²) in [7, 11) is 0. The molecule has 0 aliphatic heterocycles. The van der Waals surface area contributed by atoms with E-state index in [1.807, 2.05) is 56.3 Å². The van der Waals surface area contributed by atoms with Gasteiger partial charge in [0.05, 0.1) is 6.61 Å². The van der Waals surface area contributed by atoms with Gasteiger partial charge >= 0.3 is 5.97 Å². The molecule has 48 heavy (non-hydrogen) atoms. The first-order chi connectivity index (χ1) is 23.2. The Labute approximate surface area is 286 Å². The van der Waals surface area contributed by atoms with Gasteiger partial charge in [-0.3, -0.25) is 4.79 Å². The number of allylic oxidation sites excluding steroid dienone is 3. The molecule has 0 amide bonds. The van der Waals surface area contributed by atoms with Gasteiger partial charge < -0.3 is 23.8 Å². The summed E-state index contributed by atoms with van der Waals surface area (Å²) in [6.07, 6.45) is 12.9. The molecule has 5 rings (SSSR count). The molecule has 0 fully saturated rings. The van der Waals surface area contributed by atoms with Crippen molar-refractivity contribution in [3.63, 3.8) is 0 Å². The van der Waals surface area contributed by atoms with Crippen LogP contribution in [0.2, 0.25) is 0 Å². The average molecular weight is 655 g/mol. The van der Waals surface area contributed by atoms with Gasteiger partial charge in [-0.25, -0.2) is 0 Å². The molecule has 0 saturated heterocycles. The molecule has 2 N–H and O–H groups in total. The third-order valence-corrected chi connectivity index (χ3v) is 6.75. The number of rotatable bonds is 8. The number of aliphatic hydroxyl groups is 1. The Hall–Kier alpha value is -4.81. The largest absolute Gasteiger partial charge is 0.508 e. The normalized spacial score (nSPS) is 10.6. The van der Waals surface area contributed by atoms with Crippen molar-refractivity contribution in [3.8, 4) is 5.75 Å². The Morgan fingerprint density at radius 1 is 0.917 bits per heavy atom. The quantitative estimate of drug-likeness (QED) is 0.0983. The fourth-order valence-corrected chi connectivity index (χ4v) is 4.66. The lowest BCUT2D eigenvalue weighted by Crippen LogP contribution is -2.16. The lowest BCUT2D eigenvalue weighted by atomic mass is 10.0. The van der Waals surface area contributed by atoms with Gasteiger partial charge in [0.2, 0.25) is 0 Å². The molecule has 2 heterocycles. The molecule has 0 spiro atoms. The van der Waals surface area contributed by atoms with Crippen LogP contribution in [0.3, 0.4) is 0 Å². The number of hydrogen-bond acceptors (Lipinski definition) is 6. The number of carbonyl (C=O) groups is 1. The predicted molar refractivity (Wildman–Crippen MR) is 204 cm³/mol. The molecule has 0 radical (unpaired) electrons. The number of phenolic OH excluding ortho intramolecular Hbond substituents is 1. The van der Waals surface area contributed by atoms with Crippen LogP contribution in [-0.2, 0) is 22.4 Å². The number of carbonyl (C=O) groups excluding carboxylic acids is 1. The number of fused-ring (bicyclic) bond motifs is 4. The highest BCUT2D eigenvalue weighted by Gasteiger charge is 2.15. The van der Waals surface area contributed by atoms with Gasteiger partial charge in [-0.05, 0) is 63.8 Å². The van der Waals surface area contributed by atoms with Gasteiger partial charge in [0.25, 0.3) is 0 Å². The molecule has 3 aromatic carbocycles. The van der Waals surface area contributed by atoms with Gasteiger partial charge in [-0.15, -0.1) is 6.58 Å². The number of ether oxygens (including phenoxy) is 1. The SMILES string of the molecule is C=C/C=C\C.C=CCCO.C=c1oc2c(CC)cccc2/c1=C\C.CCC.CCOC(=O)CCc1c(O)ccc2oc3ccccc3c12. The summed E-state index contributed by atoms with van der Waals surface area (Å²) >= 11 is 0. The number of aromatic hydroxyl groups is 1. The minimum absolute atomic E-state index is 0.179. The van der Waals surface area contributed by atoms with Crippen LogP contribution in [-0.4, -0.2) is 29.4 Å². The number of phenols is 1. The minimum atomic E-state index is -0.262. The Morgan fingerprint density at radius 2 is 1.60 bits per heavy atom. The lowest BCUT2D eigenvalue weighted by molar-refractivity contribution is -0.143. The van der Waals surface area contributed by atoms with Crippen LogP contribution in [0.4, 0.5) is 0 Å². The summed E-state index contributed by atoms with van der Waals surface area (Å²) in [5, 5.41) is 22.2. The lowest BCUT2D eigenvalue weighted by Gasteiger charge is -2.06. The highest BCUT2D eigenvalue weighted by atomic mass is 16.5. The van der Waals surface area contributed by atoms with Crippen molar-refractivity contribution < 1.29 is 28.6 Å². The smallest absolute Gasteiger partial charge is 0.306 e. The molecular weight excluding hydrogens is 600 g/mol. The van der Waals surface area contributed by atoms with Gasteiger partial charge in [-0.2, -0.15) is 0 Å². The summed E-state index contributed by atoms with van der Waals surface area (Å²) in [6, 6.07) is 17.3. The first-order valence-corrected chi connectivity index (χ1v) is 16.6. The van der Waals surface area contributed by atoms with E-state index < -0.39 is 0 Å². The Kier molecular flexibility index (Phi) is 20.2. The maximum Gasteiger partial charge on any atom is 0.306 e. The van der Waals surface area contributed by atoms with Gasteiger partial charge in [0.15, 0.2) is 0 Å². The van der Waals surface area contributed by atoms with Crippen molar-refractivity contribution >= 4 is 51.5 Å². The topological polar surface area (TPSA) is 93.0 Å². The average Bonchev–Trinajstić information content (AvgIpc) is 3.63. The van der Waals surface area contributed by atoms with Crippen molar-refractivity contribution in [1.29, 1.82) is 0 Å². The van der Waals surface area contributed by atoms with E-state index >= 15 is 0 Å². The highest BCUT2D eigenvalue weighted by Crippen LogP contribution is 2.36. The second-order valence-corrected chi connectivity index (χ2v) is 10.5. The van der Waals surface area contributed by atoms with Crippen LogP contribution < -0.4 is 10.6 Å². The van der Waals surface area contributed by atoms with Crippen molar-refractivity contribution in [2.24, 2.45) is 0 Å². The molecule has 258 valence electrons. The molecule has 0 aliphatic carbocycles. The van der Waals surface area contributed by atoms with Crippen LogP contribution in [0.25, 0.3) is 45.6 Å². The molecule has 2 aromatic heterocycles. The van der Waals surface area contributed by atoms with Crippen LogP contribution in [0.15, 0.2) is 101 Å². The number of para-hydroxylation sites is 2. The van der Waals surface area contributed by atoms with E-state index in [2.05, 4.69) is 58.7 Å². The number of esters is 1. The van der Waals surface area contributed by atoms with Crippen molar-refractivity contribution in [1.82, 2.24) is 0 Å². The van der Waals surface area contributed by atoms with E-state index in [1.54, 1.807) is 31.2 Å². The first-order valence-electron chi connectivity index (χ1n) is 16.6. The molecule has 0 atom stereocenters.